The van der Waals surface area contributed by atoms with Gasteiger partial charge in [-0.1, -0.05) is 30.3 Å². The molecule has 5 nitrogen and oxygen atoms in total. The second kappa shape index (κ2) is 7.91. The molecule has 26 heavy (non-hydrogen) atoms. The zero-order valence-corrected chi connectivity index (χ0v) is 14.9. The van der Waals surface area contributed by atoms with E-state index >= 15 is 0 Å². The van der Waals surface area contributed by atoms with Crippen LogP contribution in [0.5, 0.6) is 5.75 Å². The van der Waals surface area contributed by atoms with E-state index in [1.807, 2.05) is 18.2 Å². The highest BCUT2D eigenvalue weighted by Gasteiger charge is 2.22. The second-order valence-corrected chi connectivity index (χ2v) is 6.17. The first kappa shape index (κ1) is 18.5. The van der Waals surface area contributed by atoms with E-state index in [1.54, 1.807) is 24.3 Å². The first-order valence-electron chi connectivity index (χ1n) is 8.36. The third-order valence-corrected chi connectivity index (χ3v) is 4.59. The lowest BCUT2D eigenvalue weighted by atomic mass is 9.98. The topological polar surface area (TPSA) is 62.9 Å². The van der Waals surface area contributed by atoms with Gasteiger partial charge in [0.05, 0.1) is 18.8 Å². The van der Waals surface area contributed by atoms with Gasteiger partial charge in [0.25, 0.3) is 0 Å². The molecule has 0 aliphatic carbocycles. The monoisotopic (exact) mass is 372 g/mol. The Morgan fingerprint density at radius 2 is 1.81 bits per heavy atom. The molecule has 136 valence electrons. The van der Waals surface area contributed by atoms with Crippen molar-refractivity contribution >= 4 is 16.8 Å². The quantitative estimate of drug-likeness (QED) is 0.663. The van der Waals surface area contributed by atoms with Crippen LogP contribution in [0, 0.1) is 0 Å². The molecule has 6 heteroatoms. The van der Waals surface area contributed by atoms with Crippen LogP contribution in [-0.4, -0.2) is 42.1 Å². The number of furan rings is 1. The molecule has 1 aromatic heterocycles. The molecule has 4 rings (SSSR count). The van der Waals surface area contributed by atoms with Crippen LogP contribution in [0.1, 0.15) is 21.5 Å². The Balaban J connectivity index is 0.00000196. The van der Waals surface area contributed by atoms with Gasteiger partial charge in [-0.05, 0) is 12.1 Å². The Labute approximate surface area is 157 Å². The van der Waals surface area contributed by atoms with Gasteiger partial charge in [-0.15, -0.1) is 0 Å². The average molecular weight is 373 g/mol. The van der Waals surface area contributed by atoms with Gasteiger partial charge in [-0.3, -0.25) is 9.69 Å². The smallest absolute Gasteiger partial charge is 0.196 e. The summed E-state index contributed by atoms with van der Waals surface area (Å²) in [6.45, 7) is 3.52. The summed E-state index contributed by atoms with van der Waals surface area (Å²) in [5.74, 6) is 0.0793. The summed E-state index contributed by atoms with van der Waals surface area (Å²) in [6, 6.07) is 12.4. The van der Waals surface area contributed by atoms with Crippen molar-refractivity contribution in [3.8, 4) is 5.75 Å². The second-order valence-electron chi connectivity index (χ2n) is 6.17. The molecule has 0 bridgehead atoms. The molecule has 1 saturated heterocycles. The first-order valence-corrected chi connectivity index (χ1v) is 8.36. The molecule has 1 aliphatic rings. The minimum atomic E-state index is -0.104. The number of nitrogens with zero attached hydrogens (tertiary/aromatic N) is 1. The highest BCUT2D eigenvalue weighted by Crippen LogP contribution is 2.33. The number of fused-ring (bicyclic) bond motifs is 1. The largest absolute Gasteiger partial charge is 1.00 e. The van der Waals surface area contributed by atoms with Crippen molar-refractivity contribution < 1.29 is 31.5 Å². The number of aromatic hydroxyl groups is 1. The zero-order valence-electron chi connectivity index (χ0n) is 14.2. The Kier molecular flexibility index (Phi) is 5.61. The number of morpholine rings is 1. The first-order chi connectivity index (χ1) is 12.2. The fourth-order valence-corrected chi connectivity index (χ4v) is 3.25. The lowest BCUT2D eigenvalue weighted by molar-refractivity contribution is -0.0000154. The minimum Gasteiger partial charge on any atom is -1.00 e. The standard InChI is InChI=1S/C20H19NO4.ClH/c22-17-6-7-18-19(15(17)12-21-8-10-24-11-9-21)16(13-25-18)20(23)14-4-2-1-3-5-14;/h1-7,13,22H,8-12H2;1H/p-1. The van der Waals surface area contributed by atoms with Gasteiger partial charge in [-0.2, -0.15) is 0 Å². The van der Waals surface area contributed by atoms with Crippen LogP contribution in [0.15, 0.2) is 53.1 Å². The molecule has 3 aromatic rings. The summed E-state index contributed by atoms with van der Waals surface area (Å²) in [5, 5.41) is 11.1. The number of phenols is 1. The van der Waals surface area contributed by atoms with Crippen LogP contribution in [0.2, 0.25) is 0 Å². The van der Waals surface area contributed by atoms with E-state index in [1.165, 1.54) is 6.26 Å². The van der Waals surface area contributed by atoms with Crippen molar-refractivity contribution in [3.63, 3.8) is 0 Å². The van der Waals surface area contributed by atoms with Crippen molar-refractivity contribution in [1.82, 2.24) is 4.90 Å². The van der Waals surface area contributed by atoms with E-state index < -0.39 is 0 Å². The van der Waals surface area contributed by atoms with Gasteiger partial charge in [0.2, 0.25) is 0 Å². The molecule has 1 fully saturated rings. The zero-order chi connectivity index (χ0) is 17.2. The number of carbonyl (C=O) groups is 1. The predicted octanol–water partition coefficient (Wildman–Crippen LogP) is 0.206. The number of phenolic OH excluding ortho intramolecular Hbond substituents is 1. The highest BCUT2D eigenvalue weighted by atomic mass is 35.5. The van der Waals surface area contributed by atoms with Gasteiger partial charge >= 0.3 is 0 Å². The molecule has 0 amide bonds. The number of hydrogen-bond acceptors (Lipinski definition) is 5. The molecular weight excluding hydrogens is 354 g/mol. The van der Waals surface area contributed by atoms with Crippen LogP contribution in [0.3, 0.4) is 0 Å². The number of ether oxygens (including phenoxy) is 1. The molecule has 1 N–H and O–H groups in total. The van der Waals surface area contributed by atoms with E-state index in [0.29, 0.717) is 41.9 Å². The summed E-state index contributed by atoms with van der Waals surface area (Å²) < 4.78 is 11.0. The molecular formula is C20H19ClNO4-. The van der Waals surface area contributed by atoms with Crippen molar-refractivity contribution in [1.29, 1.82) is 0 Å². The van der Waals surface area contributed by atoms with Gasteiger partial charge in [-0.25, -0.2) is 0 Å². The van der Waals surface area contributed by atoms with Crippen LogP contribution < -0.4 is 12.4 Å². The van der Waals surface area contributed by atoms with E-state index in [2.05, 4.69) is 4.90 Å². The average Bonchev–Trinajstić information content (AvgIpc) is 3.09. The summed E-state index contributed by atoms with van der Waals surface area (Å²) in [5.41, 5.74) is 2.43. The van der Waals surface area contributed by atoms with Gasteiger partial charge in [0.1, 0.15) is 17.6 Å². The van der Waals surface area contributed by atoms with Crippen molar-refractivity contribution in [2.24, 2.45) is 0 Å². The fraction of sp³-hybridized carbons (Fsp3) is 0.250. The SMILES string of the molecule is O=C(c1ccccc1)c1coc2ccc(O)c(CN3CCOCC3)c12.[Cl-]. The summed E-state index contributed by atoms with van der Waals surface area (Å²) in [4.78, 5) is 15.1. The Morgan fingerprint density at radius 1 is 1.08 bits per heavy atom. The molecule has 0 saturated carbocycles. The summed E-state index contributed by atoms with van der Waals surface area (Å²) in [7, 11) is 0. The lowest BCUT2D eigenvalue weighted by Gasteiger charge is -2.27. The number of hydrogen-bond donors (Lipinski definition) is 1. The predicted molar refractivity (Wildman–Crippen MR) is 93.8 cm³/mol. The van der Waals surface area contributed by atoms with E-state index in [-0.39, 0.29) is 23.9 Å². The van der Waals surface area contributed by atoms with Crippen LogP contribution in [0.25, 0.3) is 11.0 Å². The normalized spacial score (nSPS) is 14.9. The Hall–Kier alpha value is -2.34. The summed E-state index contributed by atoms with van der Waals surface area (Å²) >= 11 is 0. The maximum absolute atomic E-state index is 12.9. The van der Waals surface area contributed by atoms with Crippen molar-refractivity contribution in [2.75, 3.05) is 26.3 Å². The van der Waals surface area contributed by atoms with E-state index in [0.717, 1.165) is 18.7 Å². The molecule has 0 unspecified atom stereocenters. The van der Waals surface area contributed by atoms with Gasteiger partial charge in [0.15, 0.2) is 5.78 Å². The van der Waals surface area contributed by atoms with E-state index in [9.17, 15) is 9.90 Å². The lowest BCUT2D eigenvalue weighted by Crippen LogP contribution is -3.00. The van der Waals surface area contributed by atoms with E-state index in [4.69, 9.17) is 9.15 Å². The molecule has 0 spiro atoms. The summed E-state index contributed by atoms with van der Waals surface area (Å²) in [6.07, 6.45) is 1.49. The number of carbonyl (C=O) groups excluding carboxylic acids is 1. The van der Waals surface area contributed by atoms with Crippen LogP contribution in [0.4, 0.5) is 0 Å². The molecule has 2 aromatic carbocycles. The maximum Gasteiger partial charge on any atom is 0.196 e. The van der Waals surface area contributed by atoms with Crippen molar-refractivity contribution in [3.05, 3.63) is 65.4 Å². The fourth-order valence-electron chi connectivity index (χ4n) is 3.25. The highest BCUT2D eigenvalue weighted by molar-refractivity contribution is 6.16. The third kappa shape index (κ3) is 3.46. The molecule has 0 radical (unpaired) electrons. The van der Waals surface area contributed by atoms with Gasteiger partial charge in [0, 0.05) is 36.1 Å². The van der Waals surface area contributed by atoms with Crippen LogP contribution in [-0.2, 0) is 11.3 Å². The maximum atomic E-state index is 12.9. The molecule has 1 aliphatic heterocycles. The number of rotatable bonds is 4. The third-order valence-electron chi connectivity index (χ3n) is 4.59. The Bertz CT molecular complexity index is 901. The van der Waals surface area contributed by atoms with Crippen LogP contribution >= 0.6 is 0 Å². The van der Waals surface area contributed by atoms with Crippen molar-refractivity contribution in [2.45, 2.75) is 6.54 Å². The molecule has 2 heterocycles. The number of benzene rings is 2. The number of halogens is 1. The molecule has 0 atom stereocenters. The number of ketones is 1. The van der Waals surface area contributed by atoms with Gasteiger partial charge < -0.3 is 26.7 Å². The minimum absolute atomic E-state index is 0. The Morgan fingerprint density at radius 3 is 2.54 bits per heavy atom.